The van der Waals surface area contributed by atoms with Crippen molar-refractivity contribution in [2.24, 2.45) is 0 Å². The van der Waals surface area contributed by atoms with Gasteiger partial charge in [-0.2, -0.15) is 0 Å². The third kappa shape index (κ3) is 3.69. The fourth-order valence-corrected chi connectivity index (χ4v) is 3.18. The van der Waals surface area contributed by atoms with Gasteiger partial charge in [0.1, 0.15) is 5.75 Å². The number of carboxylic acid groups (broad SMARTS) is 1. The molecule has 0 radical (unpaired) electrons. The molecule has 2 aromatic carbocycles. The van der Waals surface area contributed by atoms with Crippen LogP contribution >= 0.6 is 15.9 Å². The molecule has 0 heterocycles. The van der Waals surface area contributed by atoms with Crippen molar-refractivity contribution in [3.8, 4) is 5.75 Å². The average molecular weight is 363 g/mol. The molecular formula is C18H19BrO3. The largest absolute Gasteiger partial charge is 0.497 e. The minimum absolute atomic E-state index is 0.0802. The zero-order chi connectivity index (χ0) is 16.1. The Kier molecular flexibility index (Phi) is 5.61. The van der Waals surface area contributed by atoms with Crippen molar-refractivity contribution in [2.75, 3.05) is 7.11 Å². The van der Waals surface area contributed by atoms with Crippen LogP contribution in [0.15, 0.2) is 53.0 Å². The number of carboxylic acids is 1. The van der Waals surface area contributed by atoms with Crippen LogP contribution in [0.1, 0.15) is 36.3 Å². The molecule has 2 rings (SSSR count). The van der Waals surface area contributed by atoms with Crippen molar-refractivity contribution >= 4 is 21.9 Å². The minimum atomic E-state index is -0.808. The summed E-state index contributed by atoms with van der Waals surface area (Å²) < 4.78 is 6.10. The molecule has 0 aliphatic heterocycles. The summed E-state index contributed by atoms with van der Waals surface area (Å²) in [5.74, 6) is -0.742. The number of halogens is 1. The molecule has 116 valence electrons. The summed E-state index contributed by atoms with van der Waals surface area (Å²) in [4.78, 5) is 11.9. The monoisotopic (exact) mass is 362 g/mol. The van der Waals surface area contributed by atoms with Gasteiger partial charge < -0.3 is 9.84 Å². The summed E-state index contributed by atoms with van der Waals surface area (Å²) in [6, 6.07) is 15.1. The normalized spacial score (nSPS) is 13.4. The van der Waals surface area contributed by atoms with Gasteiger partial charge in [0, 0.05) is 10.4 Å². The number of aliphatic carboxylic acids is 1. The van der Waals surface area contributed by atoms with E-state index < -0.39 is 11.9 Å². The number of rotatable bonds is 6. The molecule has 0 aliphatic carbocycles. The van der Waals surface area contributed by atoms with Gasteiger partial charge in [-0.3, -0.25) is 4.79 Å². The molecule has 4 heteroatoms. The lowest BCUT2D eigenvalue weighted by molar-refractivity contribution is -0.139. The number of benzene rings is 2. The van der Waals surface area contributed by atoms with Crippen LogP contribution in [0.3, 0.4) is 0 Å². The van der Waals surface area contributed by atoms with Crippen molar-refractivity contribution in [1.29, 1.82) is 0 Å². The van der Waals surface area contributed by atoms with Gasteiger partial charge in [0.15, 0.2) is 0 Å². The molecule has 3 nitrogen and oxygen atoms in total. The lowest BCUT2D eigenvalue weighted by Gasteiger charge is -2.24. The number of carbonyl (C=O) groups is 1. The Morgan fingerprint density at radius 2 is 1.86 bits per heavy atom. The maximum absolute atomic E-state index is 11.9. The second-order valence-corrected chi connectivity index (χ2v) is 6.07. The molecule has 0 bridgehead atoms. The van der Waals surface area contributed by atoms with Crippen molar-refractivity contribution in [2.45, 2.75) is 25.2 Å². The lowest BCUT2D eigenvalue weighted by Crippen LogP contribution is -2.20. The summed E-state index contributed by atoms with van der Waals surface area (Å²) >= 11 is 3.46. The van der Waals surface area contributed by atoms with Gasteiger partial charge in [0.05, 0.1) is 13.0 Å². The van der Waals surface area contributed by atoms with E-state index >= 15 is 0 Å². The number of hydrogen-bond acceptors (Lipinski definition) is 2. The topological polar surface area (TPSA) is 46.5 Å². The Hall–Kier alpha value is -1.81. The number of hydrogen-bond donors (Lipinski definition) is 1. The molecule has 0 saturated carbocycles. The molecule has 0 aliphatic rings. The van der Waals surface area contributed by atoms with E-state index in [2.05, 4.69) is 15.9 Å². The van der Waals surface area contributed by atoms with E-state index in [0.717, 1.165) is 27.8 Å². The molecule has 1 N–H and O–H groups in total. The van der Waals surface area contributed by atoms with E-state index in [1.54, 1.807) is 19.2 Å². The molecule has 0 fully saturated rings. The summed E-state index contributed by atoms with van der Waals surface area (Å²) in [5.41, 5.74) is 1.82. The highest BCUT2D eigenvalue weighted by atomic mass is 79.9. The molecular weight excluding hydrogens is 344 g/mol. The summed E-state index contributed by atoms with van der Waals surface area (Å²) in [7, 11) is 1.60. The predicted octanol–water partition coefficient (Wildman–Crippen LogP) is 4.82. The SMILES string of the molecule is CC[C@H](c1cccc(Br)c1)[C@H](C(=O)O)c1ccc(OC)cc1. The predicted molar refractivity (Wildman–Crippen MR) is 90.5 cm³/mol. The first-order valence-electron chi connectivity index (χ1n) is 7.19. The third-order valence-electron chi connectivity index (χ3n) is 3.86. The van der Waals surface area contributed by atoms with E-state index in [4.69, 9.17) is 4.74 Å². The van der Waals surface area contributed by atoms with Crippen molar-refractivity contribution < 1.29 is 14.6 Å². The molecule has 0 amide bonds. The molecule has 2 atom stereocenters. The second kappa shape index (κ2) is 7.45. The first-order chi connectivity index (χ1) is 10.6. The van der Waals surface area contributed by atoms with Gasteiger partial charge in [-0.1, -0.05) is 47.1 Å². The Balaban J connectivity index is 2.41. The molecule has 0 aromatic heterocycles. The van der Waals surface area contributed by atoms with Crippen LogP contribution < -0.4 is 4.74 Å². The zero-order valence-electron chi connectivity index (χ0n) is 12.6. The number of methoxy groups -OCH3 is 1. The van der Waals surface area contributed by atoms with Crippen LogP contribution in [-0.4, -0.2) is 18.2 Å². The van der Waals surface area contributed by atoms with Gasteiger partial charge in [-0.05, 0) is 41.8 Å². The average Bonchev–Trinajstić information content (AvgIpc) is 2.52. The Bertz CT molecular complexity index is 637. The Morgan fingerprint density at radius 3 is 2.36 bits per heavy atom. The van der Waals surface area contributed by atoms with Crippen LogP contribution in [0.2, 0.25) is 0 Å². The van der Waals surface area contributed by atoms with Gasteiger partial charge in [0.2, 0.25) is 0 Å². The van der Waals surface area contributed by atoms with Crippen LogP contribution in [0.25, 0.3) is 0 Å². The highest BCUT2D eigenvalue weighted by Crippen LogP contribution is 2.37. The van der Waals surface area contributed by atoms with Crippen LogP contribution in [0.4, 0.5) is 0 Å². The number of ether oxygens (including phenoxy) is 1. The molecule has 0 saturated heterocycles. The molecule has 2 aromatic rings. The van der Waals surface area contributed by atoms with E-state index in [0.29, 0.717) is 0 Å². The fourth-order valence-electron chi connectivity index (χ4n) is 2.76. The maximum Gasteiger partial charge on any atom is 0.311 e. The standard InChI is InChI=1S/C18H19BrO3/c1-3-16(13-5-4-6-14(19)11-13)17(18(20)21)12-7-9-15(22-2)10-8-12/h4-11,16-17H,3H2,1-2H3,(H,20,21)/t16-,17-/m1/s1. The highest BCUT2D eigenvalue weighted by Gasteiger charge is 2.30. The van der Waals surface area contributed by atoms with Gasteiger partial charge >= 0.3 is 5.97 Å². The highest BCUT2D eigenvalue weighted by molar-refractivity contribution is 9.10. The summed E-state index contributed by atoms with van der Waals surface area (Å²) in [5, 5.41) is 9.74. The molecule has 0 unspecified atom stereocenters. The van der Waals surface area contributed by atoms with Gasteiger partial charge in [0.25, 0.3) is 0 Å². The first-order valence-corrected chi connectivity index (χ1v) is 7.98. The van der Waals surface area contributed by atoms with Crippen LogP contribution in [0.5, 0.6) is 5.75 Å². The summed E-state index contributed by atoms with van der Waals surface area (Å²) in [6.07, 6.45) is 0.749. The molecule has 0 spiro atoms. The van der Waals surface area contributed by atoms with E-state index in [-0.39, 0.29) is 5.92 Å². The quantitative estimate of drug-likeness (QED) is 0.801. The van der Waals surface area contributed by atoms with Crippen molar-refractivity contribution in [1.82, 2.24) is 0 Å². The van der Waals surface area contributed by atoms with E-state index in [1.807, 2.05) is 43.3 Å². The van der Waals surface area contributed by atoms with E-state index in [9.17, 15) is 9.90 Å². The first kappa shape index (κ1) is 16.6. The fraction of sp³-hybridized carbons (Fsp3) is 0.278. The van der Waals surface area contributed by atoms with Crippen molar-refractivity contribution in [3.05, 3.63) is 64.1 Å². The van der Waals surface area contributed by atoms with Crippen LogP contribution in [-0.2, 0) is 4.79 Å². The third-order valence-corrected chi connectivity index (χ3v) is 4.35. The van der Waals surface area contributed by atoms with Gasteiger partial charge in [-0.25, -0.2) is 0 Å². The smallest absolute Gasteiger partial charge is 0.311 e. The van der Waals surface area contributed by atoms with E-state index in [1.165, 1.54) is 0 Å². The molecule has 22 heavy (non-hydrogen) atoms. The van der Waals surface area contributed by atoms with Gasteiger partial charge in [-0.15, -0.1) is 0 Å². The van der Waals surface area contributed by atoms with Crippen LogP contribution in [0, 0.1) is 0 Å². The zero-order valence-corrected chi connectivity index (χ0v) is 14.2. The minimum Gasteiger partial charge on any atom is -0.497 e. The Labute approximate surface area is 139 Å². The Morgan fingerprint density at radius 1 is 1.18 bits per heavy atom. The maximum atomic E-state index is 11.9. The lowest BCUT2D eigenvalue weighted by atomic mass is 9.80. The summed E-state index contributed by atoms with van der Waals surface area (Å²) in [6.45, 7) is 2.02. The van der Waals surface area contributed by atoms with Crippen molar-refractivity contribution in [3.63, 3.8) is 0 Å². The second-order valence-electron chi connectivity index (χ2n) is 5.16.